The number of halogens is 3. The minimum Gasteiger partial charge on any atom is -0.435 e. The molecule has 1 fully saturated rings. The third-order valence-corrected chi connectivity index (χ3v) is 5.04. The lowest BCUT2D eigenvalue weighted by molar-refractivity contribution is -0.0498. The Labute approximate surface area is 202 Å². The molecule has 2 unspecified atom stereocenters. The van der Waals surface area contributed by atoms with E-state index in [1.165, 1.54) is 12.1 Å². The Balaban J connectivity index is 0.00000363. The highest BCUT2D eigenvalue weighted by Crippen LogP contribution is 2.19. The van der Waals surface area contributed by atoms with E-state index in [9.17, 15) is 13.9 Å². The summed E-state index contributed by atoms with van der Waals surface area (Å²) in [6, 6.07) is 5.88. The Morgan fingerprint density at radius 3 is 2.66 bits per heavy atom. The molecule has 0 aliphatic carbocycles. The zero-order valence-electron chi connectivity index (χ0n) is 18.0. The maximum atomic E-state index is 12.3. The number of hydrogen-bond donors (Lipinski definition) is 3. The summed E-state index contributed by atoms with van der Waals surface area (Å²) in [4.78, 5) is 4.54. The molecule has 0 spiro atoms. The highest BCUT2D eigenvalue weighted by molar-refractivity contribution is 14.0. The smallest absolute Gasteiger partial charge is 0.387 e. The van der Waals surface area contributed by atoms with E-state index in [0.29, 0.717) is 30.4 Å². The van der Waals surface area contributed by atoms with Crippen molar-refractivity contribution in [3.05, 3.63) is 41.5 Å². The molecule has 2 aromatic rings. The van der Waals surface area contributed by atoms with Gasteiger partial charge in [0.05, 0.1) is 12.2 Å². The van der Waals surface area contributed by atoms with Crippen LogP contribution < -0.4 is 15.4 Å². The molecule has 2 atom stereocenters. The van der Waals surface area contributed by atoms with Crippen LogP contribution in [-0.2, 0) is 18.3 Å². The summed E-state index contributed by atoms with van der Waals surface area (Å²) < 4.78 is 36.4. The molecule has 0 bridgehead atoms. The van der Waals surface area contributed by atoms with Gasteiger partial charge < -0.3 is 29.8 Å². The first-order valence-corrected chi connectivity index (χ1v) is 10.1. The fourth-order valence-corrected chi connectivity index (χ4v) is 3.11. The van der Waals surface area contributed by atoms with E-state index >= 15 is 0 Å². The van der Waals surface area contributed by atoms with Crippen molar-refractivity contribution >= 4 is 29.9 Å². The quantitative estimate of drug-likeness (QED) is 0.243. The number of ether oxygens (including phenoxy) is 2. The van der Waals surface area contributed by atoms with E-state index in [1.54, 1.807) is 12.1 Å². The molecule has 3 rings (SSSR count). The largest absolute Gasteiger partial charge is 0.435 e. The van der Waals surface area contributed by atoms with Crippen LogP contribution >= 0.6 is 24.0 Å². The molecule has 3 N–H and O–H groups in total. The average Bonchev–Trinajstić information content (AvgIpc) is 3.38. The van der Waals surface area contributed by atoms with E-state index in [2.05, 4.69) is 30.6 Å². The summed E-state index contributed by atoms with van der Waals surface area (Å²) >= 11 is 0. The van der Waals surface area contributed by atoms with Crippen molar-refractivity contribution in [2.45, 2.75) is 45.1 Å². The van der Waals surface area contributed by atoms with Gasteiger partial charge in [-0.25, -0.2) is 4.99 Å². The number of aromatic nitrogens is 3. The summed E-state index contributed by atoms with van der Waals surface area (Å²) in [6.45, 7) is 0.818. The molecule has 32 heavy (non-hydrogen) atoms. The van der Waals surface area contributed by atoms with Gasteiger partial charge in [0.25, 0.3) is 0 Å². The normalized spacial score (nSPS) is 17.2. The molecule has 0 saturated carbocycles. The lowest BCUT2D eigenvalue weighted by Gasteiger charge is -2.18. The van der Waals surface area contributed by atoms with Crippen molar-refractivity contribution in [3.8, 4) is 5.75 Å². The van der Waals surface area contributed by atoms with E-state index in [4.69, 9.17) is 4.74 Å². The first-order valence-electron chi connectivity index (χ1n) is 10.1. The number of nitrogens with zero attached hydrogens (tertiary/aromatic N) is 4. The minimum atomic E-state index is -2.89. The molecule has 1 saturated heterocycles. The van der Waals surface area contributed by atoms with Gasteiger partial charge in [-0.15, -0.1) is 34.2 Å². The first-order chi connectivity index (χ1) is 14.9. The summed E-state index contributed by atoms with van der Waals surface area (Å²) in [5, 5.41) is 25.0. The van der Waals surface area contributed by atoms with Gasteiger partial charge in [-0.05, 0) is 37.5 Å². The van der Waals surface area contributed by atoms with Gasteiger partial charge in [0.2, 0.25) is 0 Å². The summed E-state index contributed by atoms with van der Waals surface area (Å²) in [6.07, 6.45) is 1.27. The highest BCUT2D eigenvalue weighted by atomic mass is 127. The van der Waals surface area contributed by atoms with Crippen molar-refractivity contribution in [1.82, 2.24) is 25.4 Å². The molecular weight excluding hydrogens is 537 g/mol. The molecule has 1 aromatic heterocycles. The Morgan fingerprint density at radius 1 is 1.31 bits per heavy atom. The van der Waals surface area contributed by atoms with Gasteiger partial charge in [0.15, 0.2) is 11.8 Å². The van der Waals surface area contributed by atoms with Crippen molar-refractivity contribution in [3.63, 3.8) is 0 Å². The van der Waals surface area contributed by atoms with Crippen LogP contribution in [0.3, 0.4) is 0 Å². The molecular formula is C20H29F2IN6O3. The number of aliphatic hydroxyl groups excluding tert-OH is 1. The molecule has 1 aliphatic heterocycles. The van der Waals surface area contributed by atoms with E-state index < -0.39 is 12.7 Å². The third kappa shape index (κ3) is 7.81. The second-order valence-electron chi connectivity index (χ2n) is 7.25. The van der Waals surface area contributed by atoms with E-state index in [-0.39, 0.29) is 42.4 Å². The van der Waals surface area contributed by atoms with E-state index in [0.717, 1.165) is 25.3 Å². The van der Waals surface area contributed by atoms with Crippen LogP contribution in [0.15, 0.2) is 29.3 Å². The van der Waals surface area contributed by atoms with Gasteiger partial charge in [-0.3, -0.25) is 0 Å². The van der Waals surface area contributed by atoms with Gasteiger partial charge in [0.1, 0.15) is 18.1 Å². The Hall–Kier alpha value is -2.06. The number of rotatable bonds is 9. The molecule has 1 aromatic carbocycles. The number of aryl methyl sites for hydroxylation is 1. The SMILES string of the molecule is Cc1nnc(CN=C(NCC2CCCO2)NCC(O)c2ccc(OC(F)F)cc2)n1C.I. The molecule has 1 aliphatic rings. The maximum Gasteiger partial charge on any atom is 0.387 e. The van der Waals surface area contributed by atoms with Gasteiger partial charge >= 0.3 is 6.61 Å². The van der Waals surface area contributed by atoms with Crippen LogP contribution in [0.5, 0.6) is 5.75 Å². The zero-order valence-corrected chi connectivity index (χ0v) is 20.3. The highest BCUT2D eigenvalue weighted by Gasteiger charge is 2.16. The second-order valence-corrected chi connectivity index (χ2v) is 7.25. The number of aliphatic imine (C=N–C) groups is 1. The van der Waals surface area contributed by atoms with Crippen LogP contribution in [0, 0.1) is 6.92 Å². The maximum absolute atomic E-state index is 12.3. The van der Waals surface area contributed by atoms with Crippen LogP contribution in [0.1, 0.15) is 36.2 Å². The number of guanidine groups is 1. The van der Waals surface area contributed by atoms with Gasteiger partial charge in [0, 0.05) is 26.7 Å². The average molecular weight is 566 g/mol. The van der Waals surface area contributed by atoms with Crippen LogP contribution in [-0.4, -0.2) is 58.2 Å². The number of benzene rings is 1. The monoisotopic (exact) mass is 566 g/mol. The fraction of sp³-hybridized carbons (Fsp3) is 0.550. The first kappa shape index (κ1) is 26.2. The van der Waals surface area contributed by atoms with Crippen molar-refractivity contribution < 1.29 is 23.4 Å². The molecule has 0 radical (unpaired) electrons. The molecule has 2 heterocycles. The van der Waals surface area contributed by atoms with Gasteiger partial charge in [-0.2, -0.15) is 8.78 Å². The number of aliphatic hydroxyl groups is 1. The second kappa shape index (κ2) is 12.8. The summed E-state index contributed by atoms with van der Waals surface area (Å²) in [5.41, 5.74) is 0.566. The van der Waals surface area contributed by atoms with Crippen LogP contribution in [0.4, 0.5) is 8.78 Å². The lowest BCUT2D eigenvalue weighted by Crippen LogP contribution is -2.42. The molecule has 9 nitrogen and oxygen atoms in total. The van der Waals surface area contributed by atoms with Gasteiger partial charge in [-0.1, -0.05) is 12.1 Å². The van der Waals surface area contributed by atoms with Crippen molar-refractivity contribution in [1.29, 1.82) is 0 Å². The zero-order chi connectivity index (χ0) is 22.2. The molecule has 0 amide bonds. The topological polar surface area (TPSA) is 106 Å². The van der Waals surface area contributed by atoms with E-state index in [1.807, 2.05) is 18.5 Å². The third-order valence-electron chi connectivity index (χ3n) is 5.04. The number of alkyl halides is 2. The fourth-order valence-electron chi connectivity index (χ4n) is 3.11. The standard InChI is InChI=1S/C20H28F2N6O3.HI/c1-13-26-27-18(28(13)2)12-25-20(23-10-16-4-3-9-30-16)24-11-17(29)14-5-7-15(8-6-14)31-19(21)22;/h5-8,16-17,19,29H,3-4,9-12H2,1-2H3,(H2,23,24,25);1H. The molecule has 12 heteroatoms. The van der Waals surface area contributed by atoms with Crippen LogP contribution in [0.25, 0.3) is 0 Å². The Morgan fingerprint density at radius 2 is 2.06 bits per heavy atom. The Bertz CT molecular complexity index is 860. The van der Waals surface area contributed by atoms with Crippen LogP contribution in [0.2, 0.25) is 0 Å². The van der Waals surface area contributed by atoms with Crippen molar-refractivity contribution in [2.75, 3.05) is 19.7 Å². The minimum absolute atomic E-state index is 0. The molecule has 178 valence electrons. The number of nitrogens with one attached hydrogen (secondary N) is 2. The predicted octanol–water partition coefficient (Wildman–Crippen LogP) is 2.29. The predicted molar refractivity (Wildman–Crippen MR) is 125 cm³/mol. The lowest BCUT2D eigenvalue weighted by atomic mass is 10.1. The number of hydrogen-bond acceptors (Lipinski definition) is 6. The van der Waals surface area contributed by atoms with Crippen molar-refractivity contribution in [2.24, 2.45) is 12.0 Å². The Kier molecular flexibility index (Phi) is 10.5. The summed E-state index contributed by atoms with van der Waals surface area (Å²) in [7, 11) is 1.87. The summed E-state index contributed by atoms with van der Waals surface area (Å²) in [5.74, 6) is 2.05.